The molecule has 2 rings (SSSR count). The Bertz CT molecular complexity index is 689. The van der Waals surface area contributed by atoms with Crippen molar-refractivity contribution in [3.05, 3.63) is 29.8 Å². The van der Waals surface area contributed by atoms with Gasteiger partial charge in [-0.1, -0.05) is 12.1 Å². The van der Waals surface area contributed by atoms with Crippen molar-refractivity contribution in [2.75, 3.05) is 57.3 Å². The number of hydrogen-bond donors (Lipinski definition) is 3. The molecule has 1 aromatic rings. The average molecular weight is 417 g/mol. The van der Waals surface area contributed by atoms with Gasteiger partial charge < -0.3 is 20.9 Å². The number of benzene rings is 1. The van der Waals surface area contributed by atoms with Crippen LogP contribution in [-0.4, -0.2) is 74.7 Å². The second-order valence-electron chi connectivity index (χ2n) is 8.94. The van der Waals surface area contributed by atoms with Crippen LogP contribution in [0.15, 0.2) is 29.3 Å². The average Bonchev–Trinajstić information content (AvgIpc) is 2.68. The highest BCUT2D eigenvalue weighted by Gasteiger charge is 2.17. The molecule has 0 aromatic heterocycles. The molecule has 0 atom stereocenters. The number of carbonyl (C=O) groups is 1. The lowest BCUT2D eigenvalue weighted by Crippen LogP contribution is -2.47. The maximum atomic E-state index is 12.0. The van der Waals surface area contributed by atoms with Gasteiger partial charge >= 0.3 is 0 Å². The molecule has 7 heteroatoms. The Morgan fingerprint density at radius 2 is 1.87 bits per heavy atom. The van der Waals surface area contributed by atoms with Gasteiger partial charge in [0.2, 0.25) is 5.91 Å². The monoisotopic (exact) mass is 416 g/mol. The summed E-state index contributed by atoms with van der Waals surface area (Å²) < 4.78 is 0. The van der Waals surface area contributed by atoms with E-state index in [1.807, 2.05) is 27.7 Å². The summed E-state index contributed by atoms with van der Waals surface area (Å²) in [7, 11) is 0. The highest BCUT2D eigenvalue weighted by molar-refractivity contribution is 5.85. The number of amides is 1. The van der Waals surface area contributed by atoms with Crippen LogP contribution in [0.4, 0.5) is 5.69 Å². The van der Waals surface area contributed by atoms with Crippen LogP contribution in [0.3, 0.4) is 0 Å². The maximum absolute atomic E-state index is 12.0. The van der Waals surface area contributed by atoms with E-state index in [9.17, 15) is 4.79 Å². The number of aryl methyl sites for hydroxylation is 1. The molecule has 168 valence electrons. The first-order valence-electron chi connectivity index (χ1n) is 11.1. The first-order valence-corrected chi connectivity index (χ1v) is 11.1. The minimum atomic E-state index is -0.234. The van der Waals surface area contributed by atoms with Gasteiger partial charge in [0.15, 0.2) is 5.96 Å². The third-order valence-corrected chi connectivity index (χ3v) is 4.92. The van der Waals surface area contributed by atoms with Crippen molar-refractivity contribution < 1.29 is 4.79 Å². The van der Waals surface area contributed by atoms with Crippen LogP contribution in [0.2, 0.25) is 0 Å². The standard InChI is InChI=1S/C23H40N6O/c1-6-24-22(26-18-21(30)27-23(3,4)5)25-11-8-12-28-13-15-29(16-14-28)20-10-7-9-19(2)17-20/h7,9-10,17H,6,8,11-16,18H2,1-5H3,(H,27,30)(H2,24,25,26). The van der Waals surface area contributed by atoms with Crippen molar-refractivity contribution >= 4 is 17.6 Å². The molecule has 1 fully saturated rings. The van der Waals surface area contributed by atoms with E-state index in [0.717, 1.165) is 52.2 Å². The van der Waals surface area contributed by atoms with Crippen molar-refractivity contribution in [1.82, 2.24) is 20.9 Å². The molecule has 0 saturated carbocycles. The number of guanidine groups is 1. The second-order valence-corrected chi connectivity index (χ2v) is 8.94. The second kappa shape index (κ2) is 11.8. The van der Waals surface area contributed by atoms with Crippen molar-refractivity contribution in [3.8, 4) is 0 Å². The topological polar surface area (TPSA) is 72.0 Å². The lowest BCUT2D eigenvalue weighted by Gasteiger charge is -2.36. The number of anilines is 1. The smallest absolute Gasteiger partial charge is 0.242 e. The fourth-order valence-electron chi connectivity index (χ4n) is 3.51. The van der Waals surface area contributed by atoms with Gasteiger partial charge in [-0.25, -0.2) is 4.99 Å². The summed E-state index contributed by atoms with van der Waals surface area (Å²) >= 11 is 0. The van der Waals surface area contributed by atoms with Gasteiger partial charge in [-0.05, 0) is 65.3 Å². The molecule has 1 heterocycles. The van der Waals surface area contributed by atoms with E-state index < -0.39 is 0 Å². The molecule has 1 aliphatic heterocycles. The number of nitrogens with one attached hydrogen (secondary N) is 3. The van der Waals surface area contributed by atoms with E-state index in [-0.39, 0.29) is 18.0 Å². The Balaban J connectivity index is 1.67. The Kier molecular flexibility index (Phi) is 9.43. The molecule has 0 spiro atoms. The third kappa shape index (κ3) is 9.03. The molecular formula is C23H40N6O. The zero-order valence-electron chi connectivity index (χ0n) is 19.4. The highest BCUT2D eigenvalue weighted by atomic mass is 16.2. The summed E-state index contributed by atoms with van der Waals surface area (Å²) in [4.78, 5) is 21.4. The number of piperazine rings is 1. The molecule has 0 aliphatic carbocycles. The van der Waals surface area contributed by atoms with Gasteiger partial charge in [0.05, 0.1) is 0 Å². The highest BCUT2D eigenvalue weighted by Crippen LogP contribution is 2.17. The SMILES string of the molecule is CCNC(=NCC(=O)NC(C)(C)C)NCCCN1CCN(c2cccc(C)c2)CC1. The molecule has 1 aliphatic rings. The molecule has 0 unspecified atom stereocenters. The summed E-state index contributed by atoms with van der Waals surface area (Å²) in [5.74, 6) is 0.636. The van der Waals surface area contributed by atoms with Crippen LogP contribution >= 0.6 is 0 Å². The Hall–Kier alpha value is -2.28. The normalized spacial score (nSPS) is 15.8. The van der Waals surface area contributed by atoms with Crippen LogP contribution in [0.1, 0.15) is 39.7 Å². The summed E-state index contributed by atoms with van der Waals surface area (Å²) in [6.07, 6.45) is 1.04. The van der Waals surface area contributed by atoms with E-state index in [1.54, 1.807) is 0 Å². The molecule has 0 radical (unpaired) electrons. The predicted molar refractivity (Wildman–Crippen MR) is 126 cm³/mol. The minimum absolute atomic E-state index is 0.0637. The largest absolute Gasteiger partial charge is 0.369 e. The van der Waals surface area contributed by atoms with Gasteiger partial charge in [-0.2, -0.15) is 0 Å². The molecule has 1 amide bonds. The summed E-state index contributed by atoms with van der Waals surface area (Å²) in [5.41, 5.74) is 2.41. The number of nitrogens with zero attached hydrogens (tertiary/aromatic N) is 3. The zero-order valence-corrected chi connectivity index (χ0v) is 19.4. The fraction of sp³-hybridized carbons (Fsp3) is 0.652. The number of hydrogen-bond acceptors (Lipinski definition) is 4. The van der Waals surface area contributed by atoms with Crippen LogP contribution < -0.4 is 20.9 Å². The maximum Gasteiger partial charge on any atom is 0.242 e. The molecule has 3 N–H and O–H groups in total. The predicted octanol–water partition coefficient (Wildman–Crippen LogP) is 1.98. The van der Waals surface area contributed by atoms with Crippen molar-refractivity contribution in [1.29, 1.82) is 0 Å². The van der Waals surface area contributed by atoms with Crippen molar-refractivity contribution in [3.63, 3.8) is 0 Å². The Morgan fingerprint density at radius 3 is 2.50 bits per heavy atom. The molecule has 7 nitrogen and oxygen atoms in total. The van der Waals surface area contributed by atoms with E-state index in [0.29, 0.717) is 5.96 Å². The van der Waals surface area contributed by atoms with Crippen LogP contribution in [0.5, 0.6) is 0 Å². The number of carbonyl (C=O) groups excluding carboxylic acids is 1. The van der Waals surface area contributed by atoms with Gasteiger partial charge in [-0.15, -0.1) is 0 Å². The molecule has 1 aromatic carbocycles. The first kappa shape index (κ1) is 24.0. The van der Waals surface area contributed by atoms with Crippen LogP contribution in [0.25, 0.3) is 0 Å². The molecular weight excluding hydrogens is 376 g/mol. The Morgan fingerprint density at radius 1 is 1.13 bits per heavy atom. The van der Waals surface area contributed by atoms with E-state index >= 15 is 0 Å². The lowest BCUT2D eigenvalue weighted by atomic mass is 10.1. The minimum Gasteiger partial charge on any atom is -0.369 e. The van der Waals surface area contributed by atoms with Gasteiger partial charge in [0, 0.05) is 50.5 Å². The number of rotatable bonds is 8. The fourth-order valence-corrected chi connectivity index (χ4v) is 3.51. The van der Waals surface area contributed by atoms with Crippen LogP contribution in [0, 0.1) is 6.92 Å². The van der Waals surface area contributed by atoms with Gasteiger partial charge in [-0.3, -0.25) is 9.69 Å². The van der Waals surface area contributed by atoms with Crippen molar-refractivity contribution in [2.24, 2.45) is 4.99 Å². The van der Waals surface area contributed by atoms with Gasteiger partial charge in [0.25, 0.3) is 0 Å². The summed E-state index contributed by atoms with van der Waals surface area (Å²) in [6.45, 7) is 17.2. The van der Waals surface area contributed by atoms with E-state index in [4.69, 9.17) is 0 Å². The van der Waals surface area contributed by atoms with E-state index in [2.05, 4.69) is 61.9 Å². The van der Waals surface area contributed by atoms with Crippen LogP contribution in [-0.2, 0) is 4.79 Å². The third-order valence-electron chi connectivity index (χ3n) is 4.92. The van der Waals surface area contributed by atoms with E-state index in [1.165, 1.54) is 11.3 Å². The molecule has 30 heavy (non-hydrogen) atoms. The summed E-state index contributed by atoms with van der Waals surface area (Å²) in [5, 5.41) is 9.48. The Labute approximate surface area is 182 Å². The summed E-state index contributed by atoms with van der Waals surface area (Å²) in [6, 6.07) is 8.76. The molecule has 1 saturated heterocycles. The lowest BCUT2D eigenvalue weighted by molar-refractivity contribution is -0.121. The zero-order chi connectivity index (χ0) is 22.0. The van der Waals surface area contributed by atoms with Gasteiger partial charge in [0.1, 0.15) is 6.54 Å². The first-order chi connectivity index (χ1) is 14.3. The number of aliphatic imine (C=N–C) groups is 1. The van der Waals surface area contributed by atoms with Crippen molar-refractivity contribution in [2.45, 2.75) is 46.6 Å². The molecule has 0 bridgehead atoms. The quantitative estimate of drug-likeness (QED) is 0.343.